The Hall–Kier alpha value is -1.17. The van der Waals surface area contributed by atoms with Gasteiger partial charge in [0.05, 0.1) is 5.75 Å². The normalized spacial score (nSPS) is 37.1. The number of allylic oxidation sites excluding steroid dienone is 4. The molecule has 1 fully saturated rings. The largest absolute Gasteiger partial charge is 0.480 e. The molecule has 0 unspecified atom stereocenters. The molecule has 2 rings (SSSR count). The average molecular weight is 232 g/mol. The number of carbonyl (C=O) groups is 1. The molecule has 82 valence electrons. The monoisotopic (exact) mass is 232 g/mol. The van der Waals surface area contributed by atoms with E-state index in [1.807, 2.05) is 0 Å². The van der Waals surface area contributed by atoms with Gasteiger partial charge in [-0.3, -0.25) is 4.79 Å². The highest BCUT2D eigenvalue weighted by Gasteiger charge is 2.61. The number of carboxylic acid groups (broad SMARTS) is 1. The van der Waals surface area contributed by atoms with Gasteiger partial charge in [0.2, 0.25) is 0 Å². The predicted octanol–water partition coefficient (Wildman–Crippen LogP) is 0.668. The van der Waals surface area contributed by atoms with Crippen LogP contribution >= 0.6 is 0 Å². The first-order chi connectivity index (χ1) is 6.87. The fourth-order valence-electron chi connectivity index (χ4n) is 2.16. The zero-order valence-electron chi connectivity index (χ0n) is 7.68. The summed E-state index contributed by atoms with van der Waals surface area (Å²) in [6.45, 7) is 0. The smallest absolute Gasteiger partial charge is 0.322 e. The minimum atomic E-state index is -3.55. The summed E-state index contributed by atoms with van der Waals surface area (Å²) in [7, 11) is -3.55. The first-order valence-corrected chi connectivity index (χ1v) is 6.08. The van der Waals surface area contributed by atoms with Gasteiger partial charge in [0.1, 0.15) is 5.83 Å². The molecule has 0 bridgehead atoms. The van der Waals surface area contributed by atoms with Crippen molar-refractivity contribution < 1.29 is 22.7 Å². The maximum atomic E-state index is 12.7. The lowest BCUT2D eigenvalue weighted by atomic mass is 9.79. The number of carboxylic acids is 1. The first-order valence-electron chi connectivity index (χ1n) is 4.37. The summed E-state index contributed by atoms with van der Waals surface area (Å²) in [5.74, 6) is -2.02. The van der Waals surface area contributed by atoms with E-state index < -0.39 is 32.3 Å². The van der Waals surface area contributed by atoms with Crippen molar-refractivity contribution in [1.82, 2.24) is 0 Å². The van der Waals surface area contributed by atoms with Crippen molar-refractivity contribution in [3.63, 3.8) is 0 Å². The van der Waals surface area contributed by atoms with Gasteiger partial charge in [-0.2, -0.15) is 0 Å². The van der Waals surface area contributed by atoms with Gasteiger partial charge < -0.3 is 5.11 Å². The number of hydrogen-bond donors (Lipinski definition) is 1. The molecule has 1 spiro atoms. The molecule has 0 saturated carbocycles. The van der Waals surface area contributed by atoms with Crippen LogP contribution in [-0.2, 0) is 14.6 Å². The number of hydrogen-bond acceptors (Lipinski definition) is 3. The van der Waals surface area contributed by atoms with Gasteiger partial charge in [0.15, 0.2) is 15.1 Å². The van der Waals surface area contributed by atoms with Crippen molar-refractivity contribution in [3.05, 3.63) is 24.1 Å². The van der Waals surface area contributed by atoms with Crippen LogP contribution in [0.15, 0.2) is 24.1 Å². The van der Waals surface area contributed by atoms with Crippen molar-refractivity contribution in [2.24, 2.45) is 5.41 Å². The SMILES string of the molecule is O=C(O)[C@H]1[C@@]2(C=CC(F)=CC2)CS1(=O)=O. The maximum Gasteiger partial charge on any atom is 0.322 e. The zero-order chi connectivity index (χ0) is 11.3. The summed E-state index contributed by atoms with van der Waals surface area (Å²) in [4.78, 5) is 10.8. The quantitative estimate of drug-likeness (QED) is 0.721. The van der Waals surface area contributed by atoms with Crippen LogP contribution in [0.2, 0.25) is 0 Å². The van der Waals surface area contributed by atoms with Crippen LogP contribution in [-0.4, -0.2) is 30.5 Å². The first kappa shape index (κ1) is 10.4. The molecule has 1 aliphatic heterocycles. The zero-order valence-corrected chi connectivity index (χ0v) is 8.50. The van der Waals surface area contributed by atoms with E-state index in [1.54, 1.807) is 0 Å². The summed E-state index contributed by atoms with van der Waals surface area (Å²) in [6.07, 6.45) is 3.85. The molecular formula is C9H9FO4S. The number of rotatable bonds is 1. The Labute approximate surface area is 86.0 Å². The summed E-state index contributed by atoms with van der Waals surface area (Å²) in [5.41, 5.74) is -0.930. The van der Waals surface area contributed by atoms with Crippen LogP contribution in [0.1, 0.15) is 6.42 Å². The van der Waals surface area contributed by atoms with E-state index in [0.717, 1.165) is 6.08 Å². The second-order valence-corrected chi connectivity index (χ2v) is 5.97. The highest BCUT2D eigenvalue weighted by molar-refractivity contribution is 7.94. The van der Waals surface area contributed by atoms with Gasteiger partial charge in [0, 0.05) is 5.41 Å². The molecule has 15 heavy (non-hydrogen) atoms. The van der Waals surface area contributed by atoms with Crippen LogP contribution in [0.3, 0.4) is 0 Å². The van der Waals surface area contributed by atoms with Crippen molar-refractivity contribution in [1.29, 1.82) is 0 Å². The van der Waals surface area contributed by atoms with E-state index in [4.69, 9.17) is 5.11 Å². The van der Waals surface area contributed by atoms with Gasteiger partial charge in [-0.25, -0.2) is 12.8 Å². The number of aliphatic carboxylic acids is 1. The standard InChI is InChI=1S/C9H9FO4S/c10-6-1-3-9(4-2-6)5-15(13,14)7(9)8(11)12/h1-3,7H,4-5H2,(H,11,12)/t7-,9+/m0/s1. The summed E-state index contributed by atoms with van der Waals surface area (Å²) < 4.78 is 35.3. The van der Waals surface area contributed by atoms with Crippen LogP contribution < -0.4 is 0 Å². The molecule has 1 aliphatic carbocycles. The fourth-order valence-corrected chi connectivity index (χ4v) is 4.44. The Morgan fingerprint density at radius 2 is 2.27 bits per heavy atom. The van der Waals surface area contributed by atoms with Gasteiger partial charge in [0.25, 0.3) is 0 Å². The van der Waals surface area contributed by atoms with E-state index in [-0.39, 0.29) is 12.2 Å². The average Bonchev–Trinajstić information content (AvgIpc) is 2.06. The molecule has 0 aromatic heterocycles. The van der Waals surface area contributed by atoms with E-state index in [2.05, 4.69) is 0 Å². The van der Waals surface area contributed by atoms with Crippen LogP contribution in [0.4, 0.5) is 4.39 Å². The Balaban J connectivity index is 2.35. The van der Waals surface area contributed by atoms with Crippen molar-refractivity contribution in [3.8, 4) is 0 Å². The lowest BCUT2D eigenvalue weighted by Crippen LogP contribution is -2.60. The molecular weight excluding hydrogens is 223 g/mol. The second-order valence-electron chi connectivity index (χ2n) is 3.89. The van der Waals surface area contributed by atoms with Crippen molar-refractivity contribution in [2.45, 2.75) is 11.7 Å². The van der Waals surface area contributed by atoms with E-state index in [9.17, 15) is 17.6 Å². The Bertz CT molecular complexity index is 476. The minimum absolute atomic E-state index is 0.130. The second kappa shape index (κ2) is 2.91. The van der Waals surface area contributed by atoms with Gasteiger partial charge in [-0.15, -0.1) is 0 Å². The Kier molecular flexibility index (Phi) is 2.01. The van der Waals surface area contributed by atoms with Crippen molar-refractivity contribution in [2.75, 3.05) is 5.75 Å². The number of halogens is 1. The molecule has 0 aromatic rings. The van der Waals surface area contributed by atoms with E-state index in [1.165, 1.54) is 12.2 Å². The molecule has 0 amide bonds. The fraction of sp³-hybridized carbons (Fsp3) is 0.444. The molecule has 2 aliphatic rings. The lowest BCUT2D eigenvalue weighted by Gasteiger charge is -2.44. The molecule has 0 radical (unpaired) electrons. The summed E-state index contributed by atoms with van der Waals surface area (Å²) in [5, 5.41) is 7.40. The lowest BCUT2D eigenvalue weighted by molar-refractivity contribution is -0.138. The van der Waals surface area contributed by atoms with E-state index in [0.29, 0.717) is 0 Å². The third kappa shape index (κ3) is 1.40. The molecule has 1 saturated heterocycles. The predicted molar refractivity (Wildman–Crippen MR) is 50.6 cm³/mol. The molecule has 1 heterocycles. The Morgan fingerprint density at radius 1 is 1.60 bits per heavy atom. The van der Waals surface area contributed by atoms with Crippen molar-refractivity contribution >= 4 is 15.8 Å². The Morgan fingerprint density at radius 3 is 2.67 bits per heavy atom. The summed E-state index contributed by atoms with van der Waals surface area (Å²) in [6, 6.07) is 0. The summed E-state index contributed by atoms with van der Waals surface area (Å²) >= 11 is 0. The third-order valence-corrected chi connectivity index (χ3v) is 5.16. The third-order valence-electron chi connectivity index (χ3n) is 2.83. The molecule has 1 N–H and O–H groups in total. The molecule has 6 heteroatoms. The van der Waals surface area contributed by atoms with Gasteiger partial charge in [-0.05, 0) is 18.6 Å². The van der Waals surface area contributed by atoms with E-state index >= 15 is 0 Å². The van der Waals surface area contributed by atoms with Crippen LogP contribution in [0.5, 0.6) is 0 Å². The highest BCUT2D eigenvalue weighted by Crippen LogP contribution is 2.47. The minimum Gasteiger partial charge on any atom is -0.480 e. The maximum absolute atomic E-state index is 12.7. The topological polar surface area (TPSA) is 71.4 Å². The number of sulfone groups is 1. The molecule has 4 nitrogen and oxygen atoms in total. The van der Waals surface area contributed by atoms with Gasteiger partial charge >= 0.3 is 5.97 Å². The van der Waals surface area contributed by atoms with Gasteiger partial charge in [-0.1, -0.05) is 6.08 Å². The van der Waals surface area contributed by atoms with Crippen LogP contribution in [0.25, 0.3) is 0 Å². The van der Waals surface area contributed by atoms with Crippen LogP contribution in [0, 0.1) is 5.41 Å². The highest BCUT2D eigenvalue weighted by atomic mass is 32.2. The molecule has 0 aromatic carbocycles. The molecule has 2 atom stereocenters.